The Kier molecular flexibility index (Phi) is 5.64. The molecule has 1 aliphatic rings. The summed E-state index contributed by atoms with van der Waals surface area (Å²) in [5, 5.41) is 1.07. The summed E-state index contributed by atoms with van der Waals surface area (Å²) in [5.41, 5.74) is 1.81. The molecule has 1 atom stereocenters. The van der Waals surface area contributed by atoms with Crippen LogP contribution in [0.25, 0.3) is 10.9 Å². The van der Waals surface area contributed by atoms with E-state index in [4.69, 9.17) is 16.3 Å². The summed E-state index contributed by atoms with van der Waals surface area (Å²) in [6.45, 7) is 1.60. The van der Waals surface area contributed by atoms with Gasteiger partial charge < -0.3 is 9.72 Å². The van der Waals surface area contributed by atoms with Crippen LogP contribution in [0.1, 0.15) is 43.1 Å². The summed E-state index contributed by atoms with van der Waals surface area (Å²) in [5.74, 6) is 1.56. The first-order chi connectivity index (χ1) is 13.6. The minimum Gasteiger partial charge on any atom is -0.497 e. The predicted octanol–water partition coefficient (Wildman–Crippen LogP) is 4.70. The molecule has 6 heteroatoms. The number of benzene rings is 2. The normalized spacial score (nSPS) is 18.1. The van der Waals surface area contributed by atoms with Crippen LogP contribution in [-0.4, -0.2) is 28.5 Å². The number of ether oxygens (including phenoxy) is 1. The van der Waals surface area contributed by atoms with Crippen LogP contribution in [0.4, 0.5) is 0 Å². The lowest BCUT2D eigenvalue weighted by Crippen LogP contribution is -2.30. The molecule has 0 saturated carbocycles. The number of nitrogens with zero attached hydrogens (tertiary/aromatic N) is 2. The van der Waals surface area contributed by atoms with Crippen LogP contribution in [0.2, 0.25) is 5.02 Å². The van der Waals surface area contributed by atoms with Crippen molar-refractivity contribution >= 4 is 22.5 Å². The molecule has 28 heavy (non-hydrogen) atoms. The summed E-state index contributed by atoms with van der Waals surface area (Å²) in [7, 11) is 1.68. The third-order valence-electron chi connectivity index (χ3n) is 5.43. The highest BCUT2D eigenvalue weighted by Crippen LogP contribution is 2.32. The Labute approximate surface area is 169 Å². The lowest BCUT2D eigenvalue weighted by molar-refractivity contribution is 0.187. The van der Waals surface area contributed by atoms with Gasteiger partial charge in [-0.25, -0.2) is 4.98 Å². The molecule has 146 valence electrons. The zero-order valence-corrected chi connectivity index (χ0v) is 16.7. The first kappa shape index (κ1) is 19.0. The smallest absolute Gasteiger partial charge is 0.258 e. The molecule has 0 amide bonds. The molecule has 1 N–H and O–H groups in total. The van der Waals surface area contributed by atoms with Gasteiger partial charge in [0, 0.05) is 11.1 Å². The number of aromatic nitrogens is 2. The van der Waals surface area contributed by atoms with Gasteiger partial charge in [-0.1, -0.05) is 36.6 Å². The second-order valence-corrected chi connectivity index (χ2v) is 7.72. The van der Waals surface area contributed by atoms with Crippen molar-refractivity contribution in [2.75, 3.05) is 13.7 Å². The molecule has 3 aromatic rings. The SMILES string of the molecule is COc1ccc([C@@H]2CCCCCN2Cc2nc3ccc(Cl)cc3c(=O)[nH]2)cc1. The first-order valence-corrected chi connectivity index (χ1v) is 10.1. The van der Waals surface area contributed by atoms with E-state index in [0.29, 0.717) is 34.3 Å². The second kappa shape index (κ2) is 8.33. The molecule has 4 rings (SSSR count). The Bertz CT molecular complexity index is 1020. The van der Waals surface area contributed by atoms with E-state index in [1.54, 1.807) is 25.3 Å². The van der Waals surface area contributed by atoms with E-state index < -0.39 is 0 Å². The highest BCUT2D eigenvalue weighted by molar-refractivity contribution is 6.31. The van der Waals surface area contributed by atoms with E-state index in [9.17, 15) is 4.79 Å². The molecule has 0 aliphatic carbocycles. The van der Waals surface area contributed by atoms with E-state index >= 15 is 0 Å². The number of halogens is 1. The minimum atomic E-state index is -0.140. The minimum absolute atomic E-state index is 0.140. The molecular formula is C22H24ClN3O2. The van der Waals surface area contributed by atoms with Crippen LogP contribution in [0.5, 0.6) is 5.75 Å². The summed E-state index contributed by atoms with van der Waals surface area (Å²) in [6.07, 6.45) is 4.68. The maximum atomic E-state index is 12.5. The summed E-state index contributed by atoms with van der Waals surface area (Å²) < 4.78 is 5.29. The Morgan fingerprint density at radius 1 is 1.18 bits per heavy atom. The molecule has 1 saturated heterocycles. The van der Waals surface area contributed by atoms with Gasteiger partial charge in [-0.05, 0) is 55.3 Å². The van der Waals surface area contributed by atoms with Crippen molar-refractivity contribution in [2.45, 2.75) is 38.3 Å². The first-order valence-electron chi connectivity index (χ1n) is 9.70. The molecule has 5 nitrogen and oxygen atoms in total. The van der Waals surface area contributed by atoms with Crippen LogP contribution in [0.15, 0.2) is 47.3 Å². The van der Waals surface area contributed by atoms with Gasteiger partial charge in [-0.15, -0.1) is 0 Å². The highest BCUT2D eigenvalue weighted by Gasteiger charge is 2.23. The number of fused-ring (bicyclic) bond motifs is 1. The quantitative estimate of drug-likeness (QED) is 0.693. The number of aromatic amines is 1. The van der Waals surface area contributed by atoms with Gasteiger partial charge in [0.05, 0.1) is 24.6 Å². The molecule has 2 aromatic carbocycles. The molecule has 0 radical (unpaired) electrons. The van der Waals surface area contributed by atoms with E-state index in [0.717, 1.165) is 25.1 Å². The fourth-order valence-corrected chi connectivity index (χ4v) is 4.16. The number of H-pyrrole nitrogens is 1. The summed E-state index contributed by atoms with van der Waals surface area (Å²) >= 11 is 6.02. The van der Waals surface area contributed by atoms with Crippen molar-refractivity contribution in [2.24, 2.45) is 0 Å². The van der Waals surface area contributed by atoms with Crippen molar-refractivity contribution < 1.29 is 4.74 Å². The second-order valence-electron chi connectivity index (χ2n) is 7.28. The van der Waals surface area contributed by atoms with E-state index in [1.807, 2.05) is 12.1 Å². The largest absolute Gasteiger partial charge is 0.497 e. The van der Waals surface area contributed by atoms with Gasteiger partial charge in [0.2, 0.25) is 0 Å². The number of methoxy groups -OCH3 is 1. The van der Waals surface area contributed by atoms with Gasteiger partial charge in [-0.2, -0.15) is 0 Å². The van der Waals surface area contributed by atoms with E-state index in [2.05, 4.69) is 27.0 Å². The summed E-state index contributed by atoms with van der Waals surface area (Å²) in [4.78, 5) is 22.6. The van der Waals surface area contributed by atoms with Crippen LogP contribution in [0, 0.1) is 0 Å². The molecular weight excluding hydrogens is 374 g/mol. The molecule has 2 heterocycles. The number of hydrogen-bond donors (Lipinski definition) is 1. The Morgan fingerprint density at radius 3 is 2.79 bits per heavy atom. The Hall–Kier alpha value is -2.37. The van der Waals surface area contributed by atoms with Crippen molar-refractivity contribution in [3.05, 3.63) is 69.2 Å². The predicted molar refractivity (Wildman–Crippen MR) is 112 cm³/mol. The molecule has 0 unspecified atom stereocenters. The average molecular weight is 398 g/mol. The van der Waals surface area contributed by atoms with Gasteiger partial charge in [0.1, 0.15) is 11.6 Å². The zero-order chi connectivity index (χ0) is 19.5. The van der Waals surface area contributed by atoms with Crippen LogP contribution in [-0.2, 0) is 6.54 Å². The average Bonchev–Trinajstić information content (AvgIpc) is 2.94. The van der Waals surface area contributed by atoms with Crippen LogP contribution in [0.3, 0.4) is 0 Å². The van der Waals surface area contributed by atoms with Gasteiger partial charge in [0.25, 0.3) is 5.56 Å². The van der Waals surface area contributed by atoms with Crippen LogP contribution < -0.4 is 10.3 Å². The number of rotatable bonds is 4. The number of likely N-dealkylation sites (tertiary alicyclic amines) is 1. The topological polar surface area (TPSA) is 58.2 Å². The standard InChI is InChI=1S/C22H24ClN3O2/c1-28-17-9-6-15(7-10-17)20-5-3-2-4-12-26(20)14-21-24-19-11-8-16(23)13-18(19)22(27)25-21/h6-11,13,20H,2-5,12,14H2,1H3,(H,24,25,27)/t20-/m0/s1. The lowest BCUT2D eigenvalue weighted by Gasteiger charge is -2.30. The maximum Gasteiger partial charge on any atom is 0.258 e. The maximum absolute atomic E-state index is 12.5. The Morgan fingerprint density at radius 2 is 2.00 bits per heavy atom. The van der Waals surface area contributed by atoms with Crippen LogP contribution >= 0.6 is 11.6 Å². The lowest BCUT2D eigenvalue weighted by atomic mass is 10.0. The van der Waals surface area contributed by atoms with Gasteiger partial charge >= 0.3 is 0 Å². The fourth-order valence-electron chi connectivity index (χ4n) is 3.99. The fraction of sp³-hybridized carbons (Fsp3) is 0.364. The number of nitrogens with one attached hydrogen (secondary N) is 1. The van der Waals surface area contributed by atoms with Gasteiger partial charge in [-0.3, -0.25) is 9.69 Å². The highest BCUT2D eigenvalue weighted by atomic mass is 35.5. The Balaban J connectivity index is 1.64. The van der Waals surface area contributed by atoms with Crippen molar-refractivity contribution in [1.29, 1.82) is 0 Å². The van der Waals surface area contributed by atoms with Crippen molar-refractivity contribution in [1.82, 2.24) is 14.9 Å². The van der Waals surface area contributed by atoms with Crippen molar-refractivity contribution in [3.8, 4) is 5.75 Å². The molecule has 1 fully saturated rings. The zero-order valence-electron chi connectivity index (χ0n) is 16.0. The molecule has 1 aromatic heterocycles. The molecule has 1 aliphatic heterocycles. The third-order valence-corrected chi connectivity index (χ3v) is 5.67. The number of hydrogen-bond acceptors (Lipinski definition) is 4. The van der Waals surface area contributed by atoms with Crippen molar-refractivity contribution in [3.63, 3.8) is 0 Å². The molecule has 0 spiro atoms. The van der Waals surface area contributed by atoms with E-state index in [-0.39, 0.29) is 5.56 Å². The third kappa shape index (κ3) is 4.05. The monoisotopic (exact) mass is 397 g/mol. The van der Waals surface area contributed by atoms with E-state index in [1.165, 1.54) is 18.4 Å². The molecule has 0 bridgehead atoms. The summed E-state index contributed by atoms with van der Waals surface area (Å²) in [6, 6.07) is 13.8. The van der Waals surface area contributed by atoms with Gasteiger partial charge in [0.15, 0.2) is 0 Å².